The molecule has 12 aromatic heterocycles. The van der Waals surface area contributed by atoms with Gasteiger partial charge in [0.15, 0.2) is 22.6 Å². The molecule has 0 aromatic carbocycles. The highest BCUT2D eigenvalue weighted by Gasteiger charge is 2.36. The van der Waals surface area contributed by atoms with E-state index < -0.39 is 45.3 Å². The molecule has 4 fully saturated rings. The average molecular weight is 1920 g/mol. The maximum atomic E-state index is 12.5. The minimum Gasteiger partial charge on any atom is -0.366 e. The van der Waals surface area contributed by atoms with Crippen molar-refractivity contribution in [1.29, 1.82) is 0 Å². The lowest BCUT2D eigenvalue weighted by molar-refractivity contribution is 0.300. The Kier molecular flexibility index (Phi) is 28.0. The Bertz CT molecular complexity index is 5660. The molecule has 3 saturated heterocycles. The van der Waals surface area contributed by atoms with Crippen molar-refractivity contribution in [2.24, 2.45) is 0 Å². The summed E-state index contributed by atoms with van der Waals surface area (Å²) in [4.78, 5) is 35.8. The summed E-state index contributed by atoms with van der Waals surface area (Å²) >= 11 is 14.1. The monoisotopic (exact) mass is 1910 g/mol. The highest BCUT2D eigenvalue weighted by molar-refractivity contribution is 9.11. The number of fused-ring (bicyclic) bond motifs is 4. The Morgan fingerprint density at radius 3 is 0.991 bits per heavy atom. The molecule has 16 rings (SSSR count). The maximum absolute atomic E-state index is 12.5. The second-order valence-corrected chi connectivity index (χ2v) is 41.9. The van der Waals surface area contributed by atoms with E-state index in [1.165, 1.54) is 16.8 Å². The van der Waals surface area contributed by atoms with E-state index in [1.807, 2.05) is 97.6 Å². The van der Waals surface area contributed by atoms with Gasteiger partial charge in [-0.05, 0) is 182 Å². The summed E-state index contributed by atoms with van der Waals surface area (Å²) in [5.74, 6) is 4.09. The highest BCUT2D eigenvalue weighted by Crippen LogP contribution is 2.39. The number of hydrogen-bond donors (Lipinski definition) is 4. The zero-order valence-electron chi connectivity index (χ0n) is 64.8. The van der Waals surface area contributed by atoms with Crippen molar-refractivity contribution in [3.63, 3.8) is 0 Å². The number of nitrogens with zero attached hydrogens (tertiary/aromatic N) is 20. The molecule has 616 valence electrons. The largest absolute Gasteiger partial charge is 0.366 e. The molecular formula is C76H92Br4N24O8S4. The van der Waals surface area contributed by atoms with E-state index in [4.69, 9.17) is 19.9 Å². The van der Waals surface area contributed by atoms with Crippen LogP contribution in [0.15, 0.2) is 165 Å². The van der Waals surface area contributed by atoms with Gasteiger partial charge in [0, 0.05) is 206 Å². The first-order valence-electron chi connectivity index (χ1n) is 38.0. The molecule has 0 radical (unpaired) electrons. The van der Waals surface area contributed by atoms with Crippen LogP contribution in [0.5, 0.6) is 0 Å². The predicted octanol–water partition coefficient (Wildman–Crippen LogP) is 12.1. The molecule has 0 bridgehead atoms. The van der Waals surface area contributed by atoms with E-state index >= 15 is 0 Å². The Balaban J connectivity index is 0.000000135. The third kappa shape index (κ3) is 20.9. The number of sulfonamides is 2. The lowest BCUT2D eigenvalue weighted by atomic mass is 9.86. The summed E-state index contributed by atoms with van der Waals surface area (Å²) in [6.07, 6.45) is 31.5. The number of piperidine rings is 3. The third-order valence-electron chi connectivity index (χ3n) is 21.1. The summed E-state index contributed by atoms with van der Waals surface area (Å²) in [6.45, 7) is 8.99. The zero-order valence-corrected chi connectivity index (χ0v) is 74.4. The third-order valence-corrected chi connectivity index (χ3v) is 30.5. The summed E-state index contributed by atoms with van der Waals surface area (Å²) < 4.78 is 114. The van der Waals surface area contributed by atoms with Crippen LogP contribution in [0.4, 0.5) is 23.3 Å². The van der Waals surface area contributed by atoms with Gasteiger partial charge < -0.3 is 21.3 Å². The van der Waals surface area contributed by atoms with Gasteiger partial charge in [0.25, 0.3) is 10.2 Å². The number of hydrogen-bond acceptors (Lipinski definition) is 24. The Labute approximate surface area is 708 Å². The van der Waals surface area contributed by atoms with Crippen LogP contribution in [0, 0.1) is 0 Å². The van der Waals surface area contributed by atoms with Gasteiger partial charge in [-0.1, -0.05) is 30.7 Å². The summed E-state index contributed by atoms with van der Waals surface area (Å²) in [6, 6.07) is 23.7. The number of pyridine rings is 4. The average Bonchev–Trinajstić information content (AvgIpc) is 1.60. The first kappa shape index (κ1) is 85.7. The molecular weight excluding hydrogens is 1820 g/mol. The van der Waals surface area contributed by atoms with Crippen LogP contribution in [0.1, 0.15) is 147 Å². The number of aromatic nitrogens is 16. The smallest absolute Gasteiger partial charge is 0.281 e. The summed E-state index contributed by atoms with van der Waals surface area (Å²) in [7, 11) is -9.64. The van der Waals surface area contributed by atoms with E-state index in [0.29, 0.717) is 71.9 Å². The van der Waals surface area contributed by atoms with Gasteiger partial charge in [-0.15, -0.1) is 0 Å². The molecule has 12 aromatic rings. The summed E-state index contributed by atoms with van der Waals surface area (Å²) in [5.41, 5.74) is 11.0. The van der Waals surface area contributed by atoms with Crippen molar-refractivity contribution in [2.45, 2.75) is 138 Å². The lowest BCUT2D eigenvalue weighted by Crippen LogP contribution is -2.44. The zero-order chi connectivity index (χ0) is 82.1. The van der Waals surface area contributed by atoms with Gasteiger partial charge in [-0.25, -0.2) is 53.8 Å². The van der Waals surface area contributed by atoms with Crippen molar-refractivity contribution in [1.82, 2.24) is 95.5 Å². The predicted molar refractivity (Wildman–Crippen MR) is 461 cm³/mol. The molecule has 116 heavy (non-hydrogen) atoms. The van der Waals surface area contributed by atoms with Crippen LogP contribution in [-0.4, -0.2) is 206 Å². The second kappa shape index (κ2) is 37.8. The summed E-state index contributed by atoms with van der Waals surface area (Å²) in [5, 5.41) is 30.7. The Hall–Kier alpha value is -8.16. The molecule has 3 aliphatic heterocycles. The molecule has 32 nitrogen and oxygen atoms in total. The number of anilines is 4. The van der Waals surface area contributed by atoms with Crippen molar-refractivity contribution < 1.29 is 33.7 Å². The van der Waals surface area contributed by atoms with Crippen LogP contribution in [0.2, 0.25) is 0 Å². The normalized spacial score (nSPS) is 17.4. The van der Waals surface area contributed by atoms with Gasteiger partial charge in [-0.2, -0.15) is 55.5 Å². The fraction of sp³-hybridized carbons (Fsp3) is 0.421. The van der Waals surface area contributed by atoms with Crippen LogP contribution in [-0.2, 0) is 66.3 Å². The topological polar surface area (TPSA) is 370 Å². The standard InChI is InChI=1S/C20H25BrN6O2S.C19H24BrN7O2S.C19H22BrN5O2S.C18H21BrN6O2S/c1-14(2)30(28,29)26-8-5-16(6-9-26)18-10-19(23-12-15-4-3-7-22-11-15)27-20(25-18)17(21)13-24-27;1-25(2)30(28,29)26-8-5-15(6-9-26)17-10-18(22-12-14-4-3-7-21-11-14)27-19(24-17)16(20)13-23-27;1-28(26,27)15-6-2-5-14(8-15)17-9-18(22-11-13-4-3-7-21-10-13)25-19(24-17)16(20)12-23-25;1-28(26,27)24-7-4-14(5-8-24)16-9-17(21-11-13-3-2-6-20-10-13)25-18(23-16)15(19)12-22-25/h3-4,7,10-11,13-14,16,23H,5-6,8-9,12H2,1-2H3;3-4,7,10-11,13,15,22H,5-6,8-9,12H2,1-2H3;3-4,7,9-10,12,14-15,22H,2,5-6,8,11H2,1H3;2-3,6,9-10,12,14,21H,4-5,7-8,11H2,1H3. The highest BCUT2D eigenvalue weighted by atomic mass is 79.9. The van der Waals surface area contributed by atoms with Crippen molar-refractivity contribution in [3.05, 3.63) is 210 Å². The first-order valence-corrected chi connectivity index (χ1v) is 47.9. The maximum Gasteiger partial charge on any atom is 0.281 e. The number of nitrogens with one attached hydrogen (secondary N) is 4. The first-order chi connectivity index (χ1) is 55.5. The fourth-order valence-electron chi connectivity index (χ4n) is 14.5. The van der Waals surface area contributed by atoms with Gasteiger partial charge >= 0.3 is 0 Å². The lowest BCUT2D eigenvalue weighted by Gasteiger charge is -2.32. The molecule has 2 atom stereocenters. The van der Waals surface area contributed by atoms with E-state index in [1.54, 1.807) is 108 Å². The molecule has 1 saturated carbocycles. The van der Waals surface area contributed by atoms with Gasteiger partial charge in [0.05, 0.1) is 59.4 Å². The van der Waals surface area contributed by atoms with Crippen LogP contribution < -0.4 is 21.3 Å². The molecule has 1 aliphatic carbocycles. The Morgan fingerprint density at radius 1 is 0.414 bits per heavy atom. The molecule has 4 aliphatic rings. The second-order valence-electron chi connectivity index (χ2n) is 29.5. The molecule has 15 heterocycles. The Morgan fingerprint density at radius 2 is 0.716 bits per heavy atom. The molecule has 4 N–H and O–H groups in total. The van der Waals surface area contributed by atoms with E-state index in [0.717, 1.165) is 167 Å². The van der Waals surface area contributed by atoms with Crippen molar-refractivity contribution in [3.8, 4) is 0 Å². The SMILES string of the molecule is CC(C)S(=O)(=O)N1CCC(c2cc(NCc3cccnc3)n3ncc(Br)c3n2)CC1.CN(C)S(=O)(=O)N1CCC(c2cc(NCc3cccnc3)n3ncc(Br)c3n2)CC1.CS(=O)(=O)C1CCCC(c2cc(NCc3cccnc3)n3ncc(Br)c3n2)C1.CS(=O)(=O)N1CCC(c2cc(NCc3cccnc3)n3ncc(Br)c3n2)CC1. The number of sulfone groups is 1. The fourth-order valence-corrected chi connectivity index (χ4v) is 20.4. The van der Waals surface area contributed by atoms with E-state index in [9.17, 15) is 33.7 Å². The van der Waals surface area contributed by atoms with Gasteiger partial charge in [0.1, 0.15) is 33.1 Å². The molecule has 0 spiro atoms. The molecule has 40 heteroatoms. The van der Waals surface area contributed by atoms with Gasteiger partial charge in [-0.3, -0.25) is 19.9 Å². The molecule has 2 unspecified atom stereocenters. The van der Waals surface area contributed by atoms with E-state index in [-0.39, 0.29) is 28.9 Å². The number of rotatable bonds is 22. The van der Waals surface area contributed by atoms with Gasteiger partial charge in [0.2, 0.25) is 20.0 Å². The van der Waals surface area contributed by atoms with Crippen LogP contribution in [0.3, 0.4) is 0 Å². The minimum absolute atomic E-state index is 0.124. The van der Waals surface area contributed by atoms with Crippen LogP contribution >= 0.6 is 63.7 Å². The number of halogens is 4. The van der Waals surface area contributed by atoms with E-state index in [2.05, 4.69) is 125 Å². The minimum atomic E-state index is -3.38. The van der Waals surface area contributed by atoms with Crippen molar-refractivity contribution >= 4 is 150 Å². The van der Waals surface area contributed by atoms with Crippen molar-refractivity contribution in [2.75, 3.05) is 87.1 Å². The van der Waals surface area contributed by atoms with Crippen LogP contribution in [0.25, 0.3) is 22.6 Å². The quantitative estimate of drug-likeness (QED) is 0.0489. The molecule has 0 amide bonds.